The molecule has 0 unspecified atom stereocenters. The number of methoxy groups -OCH3 is 2. The number of rotatable bonds is 8. The summed E-state index contributed by atoms with van der Waals surface area (Å²) in [7, 11) is 2.97. The number of para-hydroxylation sites is 1. The number of aryl methyl sites for hydroxylation is 1. The first-order valence-corrected chi connectivity index (χ1v) is 10.4. The van der Waals surface area contributed by atoms with Crippen LogP contribution >= 0.6 is 11.6 Å². The molecule has 0 spiro atoms. The summed E-state index contributed by atoms with van der Waals surface area (Å²) in [5.74, 6) is -0.315. The van der Waals surface area contributed by atoms with Crippen LogP contribution in [0.5, 0.6) is 11.5 Å². The average molecular weight is 470 g/mol. The van der Waals surface area contributed by atoms with Crippen molar-refractivity contribution in [2.75, 3.05) is 26.1 Å². The van der Waals surface area contributed by atoms with E-state index in [1.54, 1.807) is 23.7 Å². The van der Waals surface area contributed by atoms with Gasteiger partial charge in [0.25, 0.3) is 5.91 Å². The molecule has 1 aromatic heterocycles. The molecule has 0 aliphatic heterocycles. The first kappa shape index (κ1) is 23.9. The zero-order valence-corrected chi connectivity index (χ0v) is 19.5. The van der Waals surface area contributed by atoms with Gasteiger partial charge in [0.2, 0.25) is 0 Å². The van der Waals surface area contributed by atoms with Crippen LogP contribution in [0.25, 0.3) is 11.8 Å². The second kappa shape index (κ2) is 10.7. The van der Waals surface area contributed by atoms with Crippen LogP contribution in [0.15, 0.2) is 48.5 Å². The Balaban J connectivity index is 1.60. The molecule has 33 heavy (non-hydrogen) atoms. The van der Waals surface area contributed by atoms with E-state index >= 15 is 0 Å². The zero-order chi connectivity index (χ0) is 24.0. The van der Waals surface area contributed by atoms with Crippen molar-refractivity contribution in [2.24, 2.45) is 0 Å². The van der Waals surface area contributed by atoms with Crippen molar-refractivity contribution in [1.82, 2.24) is 9.78 Å². The number of esters is 1. The van der Waals surface area contributed by atoms with E-state index in [2.05, 4.69) is 10.4 Å². The Kier molecular flexibility index (Phi) is 7.74. The molecule has 0 aliphatic carbocycles. The number of hydrogen-bond acceptors (Lipinski definition) is 6. The maximum atomic E-state index is 12.3. The monoisotopic (exact) mass is 469 g/mol. The highest BCUT2D eigenvalue weighted by molar-refractivity contribution is 6.32. The minimum atomic E-state index is -0.676. The van der Waals surface area contributed by atoms with Crippen LogP contribution < -0.4 is 14.8 Å². The van der Waals surface area contributed by atoms with Crippen molar-refractivity contribution in [3.05, 3.63) is 70.5 Å². The van der Waals surface area contributed by atoms with Crippen molar-refractivity contribution in [2.45, 2.75) is 13.8 Å². The second-order valence-corrected chi connectivity index (χ2v) is 7.43. The number of halogens is 1. The lowest BCUT2D eigenvalue weighted by atomic mass is 10.2. The molecule has 8 nitrogen and oxygen atoms in total. The minimum absolute atomic E-state index is 0.339. The van der Waals surface area contributed by atoms with E-state index in [0.717, 1.165) is 11.4 Å². The van der Waals surface area contributed by atoms with E-state index in [9.17, 15) is 9.59 Å². The minimum Gasteiger partial charge on any atom is -0.493 e. The molecule has 0 saturated heterocycles. The molecule has 0 aliphatic rings. The van der Waals surface area contributed by atoms with Gasteiger partial charge in [-0.15, -0.1) is 0 Å². The molecule has 9 heteroatoms. The van der Waals surface area contributed by atoms with E-state index in [-0.39, 0.29) is 0 Å². The number of ether oxygens (including phenoxy) is 3. The lowest BCUT2D eigenvalue weighted by molar-refractivity contribution is -0.142. The normalized spacial score (nSPS) is 10.8. The SMILES string of the molecule is COc1cc(/C=C/C(=O)OCC(=O)Nc2c(C)nn(-c3ccccc3)c2C)cc(Cl)c1OC. The predicted octanol–water partition coefficient (Wildman–Crippen LogP) is 4.35. The Labute approximate surface area is 196 Å². The predicted molar refractivity (Wildman–Crippen MR) is 126 cm³/mol. The number of aromatic nitrogens is 2. The third-order valence-electron chi connectivity index (χ3n) is 4.77. The molecular weight excluding hydrogens is 446 g/mol. The van der Waals surface area contributed by atoms with Gasteiger partial charge >= 0.3 is 5.97 Å². The Morgan fingerprint density at radius 3 is 2.52 bits per heavy atom. The molecule has 172 valence electrons. The highest BCUT2D eigenvalue weighted by Crippen LogP contribution is 2.36. The van der Waals surface area contributed by atoms with Crippen LogP contribution in [-0.2, 0) is 14.3 Å². The smallest absolute Gasteiger partial charge is 0.331 e. The van der Waals surface area contributed by atoms with Gasteiger partial charge in [0.05, 0.1) is 42.0 Å². The molecule has 1 N–H and O–H groups in total. The molecule has 1 heterocycles. The summed E-state index contributed by atoms with van der Waals surface area (Å²) in [5.41, 5.74) is 3.49. The molecule has 3 rings (SSSR count). The van der Waals surface area contributed by atoms with E-state index in [4.69, 9.17) is 25.8 Å². The fourth-order valence-electron chi connectivity index (χ4n) is 3.20. The number of benzene rings is 2. The van der Waals surface area contributed by atoms with Crippen LogP contribution in [0.3, 0.4) is 0 Å². The summed E-state index contributed by atoms with van der Waals surface area (Å²) < 4.78 is 17.2. The summed E-state index contributed by atoms with van der Waals surface area (Å²) in [5, 5.41) is 7.58. The Morgan fingerprint density at radius 1 is 1.12 bits per heavy atom. The summed E-state index contributed by atoms with van der Waals surface area (Å²) in [4.78, 5) is 24.4. The molecule has 0 atom stereocenters. The third kappa shape index (κ3) is 5.72. The molecule has 1 amide bonds. The largest absolute Gasteiger partial charge is 0.493 e. The molecule has 0 radical (unpaired) electrons. The number of nitrogens with one attached hydrogen (secondary N) is 1. The standard InChI is InChI=1S/C24H24ClN3O5/c1-15-23(16(2)28(27-15)18-8-6-5-7-9-18)26-21(29)14-33-22(30)11-10-17-12-19(25)24(32-4)20(13-17)31-3/h5-13H,14H2,1-4H3,(H,26,29)/b11-10+. The maximum absolute atomic E-state index is 12.3. The van der Waals surface area contributed by atoms with Gasteiger partial charge in [0.1, 0.15) is 0 Å². The lowest BCUT2D eigenvalue weighted by Gasteiger charge is -2.10. The lowest BCUT2D eigenvalue weighted by Crippen LogP contribution is -2.20. The van der Waals surface area contributed by atoms with Crippen LogP contribution in [0.1, 0.15) is 17.0 Å². The first-order chi connectivity index (χ1) is 15.8. The Hall–Kier alpha value is -3.78. The van der Waals surface area contributed by atoms with Gasteiger partial charge in [-0.05, 0) is 49.8 Å². The van der Waals surface area contributed by atoms with Gasteiger partial charge in [-0.3, -0.25) is 4.79 Å². The van der Waals surface area contributed by atoms with E-state index < -0.39 is 18.5 Å². The van der Waals surface area contributed by atoms with E-state index in [1.165, 1.54) is 26.4 Å². The molecule has 0 bridgehead atoms. The number of carbonyl (C=O) groups excluding carboxylic acids is 2. The number of nitrogens with zero attached hydrogens (tertiary/aromatic N) is 2. The average Bonchev–Trinajstić information content (AvgIpc) is 3.09. The van der Waals surface area contributed by atoms with Gasteiger partial charge in [0.15, 0.2) is 18.1 Å². The van der Waals surface area contributed by atoms with E-state index in [0.29, 0.717) is 33.5 Å². The Bertz CT molecular complexity index is 1190. The van der Waals surface area contributed by atoms with Crippen LogP contribution in [0, 0.1) is 13.8 Å². The topological polar surface area (TPSA) is 91.7 Å². The van der Waals surface area contributed by atoms with Crippen molar-refractivity contribution in [3.8, 4) is 17.2 Å². The van der Waals surface area contributed by atoms with Gasteiger partial charge in [-0.2, -0.15) is 5.10 Å². The summed E-state index contributed by atoms with van der Waals surface area (Å²) >= 11 is 6.16. The van der Waals surface area contributed by atoms with Crippen LogP contribution in [0.2, 0.25) is 5.02 Å². The summed E-state index contributed by atoms with van der Waals surface area (Å²) in [6, 6.07) is 12.9. The van der Waals surface area contributed by atoms with Crippen molar-refractivity contribution in [3.63, 3.8) is 0 Å². The van der Waals surface area contributed by atoms with Gasteiger partial charge < -0.3 is 19.5 Å². The highest BCUT2D eigenvalue weighted by atomic mass is 35.5. The van der Waals surface area contributed by atoms with E-state index in [1.807, 2.05) is 37.3 Å². The molecular formula is C24H24ClN3O5. The number of carbonyl (C=O) groups is 2. The van der Waals surface area contributed by atoms with Crippen LogP contribution in [0.4, 0.5) is 5.69 Å². The molecule has 0 saturated carbocycles. The van der Waals surface area contributed by atoms with Crippen molar-refractivity contribution < 1.29 is 23.8 Å². The zero-order valence-electron chi connectivity index (χ0n) is 18.7. The van der Waals surface area contributed by atoms with Gasteiger partial charge in [0, 0.05) is 6.08 Å². The molecule has 0 fully saturated rings. The summed E-state index contributed by atoms with van der Waals surface area (Å²) in [6.07, 6.45) is 2.71. The quantitative estimate of drug-likeness (QED) is 0.389. The third-order valence-corrected chi connectivity index (χ3v) is 5.05. The van der Waals surface area contributed by atoms with Gasteiger partial charge in [-0.1, -0.05) is 29.8 Å². The number of anilines is 1. The van der Waals surface area contributed by atoms with Gasteiger partial charge in [-0.25, -0.2) is 9.48 Å². The van der Waals surface area contributed by atoms with Crippen molar-refractivity contribution in [1.29, 1.82) is 0 Å². The summed E-state index contributed by atoms with van der Waals surface area (Å²) in [6.45, 7) is 3.21. The first-order valence-electron chi connectivity index (χ1n) is 10.0. The highest BCUT2D eigenvalue weighted by Gasteiger charge is 2.16. The van der Waals surface area contributed by atoms with Crippen LogP contribution in [-0.4, -0.2) is 42.5 Å². The molecule has 2 aromatic carbocycles. The maximum Gasteiger partial charge on any atom is 0.331 e. The number of hydrogen-bond donors (Lipinski definition) is 1. The fourth-order valence-corrected chi connectivity index (χ4v) is 3.50. The Morgan fingerprint density at radius 2 is 1.85 bits per heavy atom. The van der Waals surface area contributed by atoms with Crippen molar-refractivity contribution >= 4 is 35.2 Å². The number of amides is 1. The second-order valence-electron chi connectivity index (χ2n) is 7.02. The molecule has 3 aromatic rings. The fraction of sp³-hybridized carbons (Fsp3) is 0.208.